The third-order valence-electron chi connectivity index (χ3n) is 5.79. The summed E-state index contributed by atoms with van der Waals surface area (Å²) < 4.78 is 0. The Hall–Kier alpha value is -1.22. The van der Waals surface area contributed by atoms with Crippen LogP contribution in [0.1, 0.15) is 75.8 Å². The van der Waals surface area contributed by atoms with Crippen LogP contribution >= 0.6 is 11.3 Å². The number of aromatic nitrogens is 2. The van der Waals surface area contributed by atoms with E-state index in [9.17, 15) is 0 Å². The molecule has 0 spiro atoms. The monoisotopic (exact) mass is 342 g/mol. The molecular weight excluding hydrogens is 312 g/mol. The summed E-state index contributed by atoms with van der Waals surface area (Å²) in [7, 11) is 0. The van der Waals surface area contributed by atoms with E-state index in [1.54, 1.807) is 11.3 Å². The number of rotatable bonds is 6. The molecule has 1 fully saturated rings. The molecular formula is C21H30N2S. The first-order valence-corrected chi connectivity index (χ1v) is 10.5. The maximum atomic E-state index is 4.36. The van der Waals surface area contributed by atoms with Gasteiger partial charge in [-0.25, -0.2) is 0 Å². The predicted octanol–water partition coefficient (Wildman–Crippen LogP) is 6.48. The fraction of sp³-hybridized carbons (Fsp3) is 0.619. The largest absolute Gasteiger partial charge is 0.147 e. The van der Waals surface area contributed by atoms with Gasteiger partial charge in [0.15, 0.2) is 0 Å². The lowest BCUT2D eigenvalue weighted by Gasteiger charge is -2.32. The molecule has 1 atom stereocenters. The van der Waals surface area contributed by atoms with Crippen molar-refractivity contribution in [2.24, 2.45) is 11.8 Å². The van der Waals surface area contributed by atoms with Gasteiger partial charge in [0, 0.05) is 12.0 Å². The lowest BCUT2D eigenvalue weighted by molar-refractivity contribution is 0.244. The van der Waals surface area contributed by atoms with Crippen molar-refractivity contribution in [3.8, 4) is 10.6 Å². The van der Waals surface area contributed by atoms with Crippen LogP contribution < -0.4 is 0 Å². The van der Waals surface area contributed by atoms with E-state index < -0.39 is 0 Å². The SMILES string of the molecule is CCCc1nnc(-c2ccc(C(C)C3CCC(CC)CC3)cc2)s1. The van der Waals surface area contributed by atoms with E-state index in [4.69, 9.17) is 0 Å². The molecule has 0 bridgehead atoms. The Labute approximate surface area is 150 Å². The molecule has 0 saturated heterocycles. The van der Waals surface area contributed by atoms with Gasteiger partial charge in [0.2, 0.25) is 0 Å². The molecule has 130 valence electrons. The zero-order valence-corrected chi connectivity index (χ0v) is 16.1. The van der Waals surface area contributed by atoms with Gasteiger partial charge < -0.3 is 0 Å². The van der Waals surface area contributed by atoms with Crippen molar-refractivity contribution in [3.63, 3.8) is 0 Å². The van der Waals surface area contributed by atoms with Crippen molar-refractivity contribution in [3.05, 3.63) is 34.8 Å². The highest BCUT2D eigenvalue weighted by Gasteiger charge is 2.25. The van der Waals surface area contributed by atoms with Gasteiger partial charge in [-0.1, -0.05) is 75.6 Å². The lowest BCUT2D eigenvalue weighted by Crippen LogP contribution is -2.18. The Bertz CT molecular complexity index is 624. The van der Waals surface area contributed by atoms with E-state index in [0.29, 0.717) is 5.92 Å². The van der Waals surface area contributed by atoms with Gasteiger partial charge in [-0.05, 0) is 42.6 Å². The van der Waals surface area contributed by atoms with Crippen LogP contribution in [0.3, 0.4) is 0 Å². The summed E-state index contributed by atoms with van der Waals surface area (Å²) >= 11 is 1.73. The minimum atomic E-state index is 0.668. The average molecular weight is 343 g/mol. The first-order chi connectivity index (χ1) is 11.7. The van der Waals surface area contributed by atoms with Gasteiger partial charge in [-0.3, -0.25) is 0 Å². The van der Waals surface area contributed by atoms with Crippen LogP contribution in [-0.2, 0) is 6.42 Å². The molecule has 0 amide bonds. The number of aryl methyl sites for hydroxylation is 1. The number of nitrogens with zero attached hydrogens (tertiary/aromatic N) is 2. The molecule has 2 nitrogen and oxygen atoms in total. The van der Waals surface area contributed by atoms with Crippen LogP contribution in [0.25, 0.3) is 10.6 Å². The molecule has 1 aromatic heterocycles. The summed E-state index contributed by atoms with van der Waals surface area (Å²) in [4.78, 5) is 0. The third kappa shape index (κ3) is 4.05. The molecule has 2 aromatic rings. The van der Waals surface area contributed by atoms with Gasteiger partial charge in [-0.2, -0.15) is 0 Å². The molecule has 1 unspecified atom stereocenters. The highest BCUT2D eigenvalue weighted by Crippen LogP contribution is 2.39. The van der Waals surface area contributed by atoms with E-state index in [2.05, 4.69) is 55.2 Å². The Morgan fingerprint density at radius 1 is 1.04 bits per heavy atom. The van der Waals surface area contributed by atoms with Crippen molar-refractivity contribution in [1.29, 1.82) is 0 Å². The number of hydrogen-bond acceptors (Lipinski definition) is 3. The maximum absolute atomic E-state index is 4.36. The first-order valence-electron chi connectivity index (χ1n) is 9.64. The van der Waals surface area contributed by atoms with Crippen LogP contribution in [0.4, 0.5) is 0 Å². The van der Waals surface area contributed by atoms with Crippen LogP contribution in [0.5, 0.6) is 0 Å². The van der Waals surface area contributed by atoms with E-state index in [-0.39, 0.29) is 0 Å². The molecule has 1 saturated carbocycles. The summed E-state index contributed by atoms with van der Waals surface area (Å²) in [6.45, 7) is 6.94. The van der Waals surface area contributed by atoms with E-state index >= 15 is 0 Å². The molecule has 0 aliphatic heterocycles. The predicted molar refractivity (Wildman–Crippen MR) is 103 cm³/mol. The molecule has 3 rings (SSSR count). The number of benzene rings is 1. The van der Waals surface area contributed by atoms with E-state index in [0.717, 1.165) is 34.7 Å². The van der Waals surface area contributed by atoms with E-state index in [1.807, 2.05) is 0 Å². The van der Waals surface area contributed by atoms with Crippen molar-refractivity contribution in [2.45, 2.75) is 71.6 Å². The van der Waals surface area contributed by atoms with Crippen molar-refractivity contribution in [1.82, 2.24) is 10.2 Å². The highest BCUT2D eigenvalue weighted by molar-refractivity contribution is 7.14. The lowest BCUT2D eigenvalue weighted by atomic mass is 9.73. The van der Waals surface area contributed by atoms with Gasteiger partial charge >= 0.3 is 0 Å². The Morgan fingerprint density at radius 3 is 2.38 bits per heavy atom. The van der Waals surface area contributed by atoms with Crippen LogP contribution in [-0.4, -0.2) is 10.2 Å². The summed E-state index contributed by atoms with van der Waals surface area (Å²) in [5.41, 5.74) is 2.69. The van der Waals surface area contributed by atoms with Crippen molar-refractivity contribution >= 4 is 11.3 Å². The number of hydrogen-bond donors (Lipinski definition) is 0. The van der Waals surface area contributed by atoms with Gasteiger partial charge in [0.1, 0.15) is 10.0 Å². The second kappa shape index (κ2) is 8.24. The minimum Gasteiger partial charge on any atom is -0.143 e. The maximum Gasteiger partial charge on any atom is 0.147 e. The molecule has 1 aliphatic carbocycles. The Kier molecular flexibility index (Phi) is 6.04. The molecule has 1 heterocycles. The zero-order valence-electron chi connectivity index (χ0n) is 15.3. The topological polar surface area (TPSA) is 25.8 Å². The molecule has 0 radical (unpaired) electrons. The normalized spacial score (nSPS) is 22.5. The van der Waals surface area contributed by atoms with Gasteiger partial charge in [0.25, 0.3) is 0 Å². The van der Waals surface area contributed by atoms with Crippen molar-refractivity contribution in [2.75, 3.05) is 0 Å². The Balaban J connectivity index is 1.65. The first kappa shape index (κ1) is 17.6. The fourth-order valence-corrected chi connectivity index (χ4v) is 4.93. The minimum absolute atomic E-state index is 0.668. The van der Waals surface area contributed by atoms with E-state index in [1.165, 1.54) is 43.2 Å². The van der Waals surface area contributed by atoms with Gasteiger partial charge in [0.05, 0.1) is 0 Å². The second-order valence-electron chi connectivity index (χ2n) is 7.35. The van der Waals surface area contributed by atoms with Crippen LogP contribution in [0.15, 0.2) is 24.3 Å². The average Bonchev–Trinajstić information content (AvgIpc) is 3.10. The standard InChI is InChI=1S/C21H30N2S/c1-4-6-20-22-23-21(24-20)19-13-11-18(12-14-19)15(3)17-9-7-16(5-2)8-10-17/h11-17H,4-10H2,1-3H3. The summed E-state index contributed by atoms with van der Waals surface area (Å²) in [6.07, 6.45) is 9.18. The van der Waals surface area contributed by atoms with Crippen molar-refractivity contribution < 1.29 is 0 Å². The molecule has 1 aliphatic rings. The second-order valence-corrected chi connectivity index (χ2v) is 8.41. The summed E-state index contributed by atoms with van der Waals surface area (Å²) in [6, 6.07) is 9.10. The zero-order chi connectivity index (χ0) is 16.9. The van der Waals surface area contributed by atoms with Crippen LogP contribution in [0.2, 0.25) is 0 Å². The highest BCUT2D eigenvalue weighted by atomic mass is 32.1. The molecule has 1 aromatic carbocycles. The van der Waals surface area contributed by atoms with Crippen LogP contribution in [0, 0.1) is 11.8 Å². The summed E-state index contributed by atoms with van der Waals surface area (Å²) in [5.74, 6) is 2.50. The molecule has 0 N–H and O–H groups in total. The Morgan fingerprint density at radius 2 is 1.75 bits per heavy atom. The molecule has 3 heteroatoms. The fourth-order valence-electron chi connectivity index (χ4n) is 3.98. The molecule has 24 heavy (non-hydrogen) atoms. The smallest absolute Gasteiger partial charge is 0.143 e. The van der Waals surface area contributed by atoms with Gasteiger partial charge in [-0.15, -0.1) is 10.2 Å². The third-order valence-corrected chi connectivity index (χ3v) is 6.82. The quantitative estimate of drug-likeness (QED) is 0.600. The summed E-state index contributed by atoms with van der Waals surface area (Å²) in [5, 5.41) is 10.9.